The normalized spacial score (nSPS) is 26.3. The predicted molar refractivity (Wildman–Crippen MR) is 122 cm³/mol. The lowest BCUT2D eigenvalue weighted by Crippen LogP contribution is -2.21. The van der Waals surface area contributed by atoms with Gasteiger partial charge < -0.3 is 4.74 Å². The van der Waals surface area contributed by atoms with Crippen molar-refractivity contribution in [1.29, 1.82) is 0 Å². The predicted octanol–water partition coefficient (Wildman–Crippen LogP) is 8.20. The highest BCUT2D eigenvalue weighted by atomic mass is 19.2. The molecule has 0 unspecified atom stereocenters. The van der Waals surface area contributed by atoms with Gasteiger partial charge in [0, 0.05) is 5.56 Å². The van der Waals surface area contributed by atoms with E-state index >= 15 is 0 Å². The van der Waals surface area contributed by atoms with Crippen molar-refractivity contribution >= 4 is 0 Å². The van der Waals surface area contributed by atoms with Crippen molar-refractivity contribution < 1.29 is 17.9 Å². The van der Waals surface area contributed by atoms with E-state index in [1.807, 2.05) is 19.1 Å². The van der Waals surface area contributed by atoms with E-state index in [9.17, 15) is 13.2 Å². The largest absolute Gasteiger partial charge is 0.373 e. The van der Waals surface area contributed by atoms with E-state index in [-0.39, 0.29) is 24.4 Å². The molecule has 0 saturated heterocycles. The number of benzene rings is 2. The number of ether oxygens (including phenoxy) is 1. The molecule has 2 aromatic rings. The Bertz CT molecular complexity index is 909. The van der Waals surface area contributed by atoms with E-state index in [1.165, 1.54) is 0 Å². The van der Waals surface area contributed by atoms with Crippen LogP contribution < -0.4 is 0 Å². The van der Waals surface area contributed by atoms with Crippen LogP contribution in [0.2, 0.25) is 0 Å². The van der Waals surface area contributed by atoms with E-state index < -0.39 is 11.6 Å². The van der Waals surface area contributed by atoms with Crippen LogP contribution in [0.1, 0.15) is 99.3 Å². The molecule has 4 heteroatoms. The minimum absolute atomic E-state index is 0.0352. The number of hydrogen-bond donors (Lipinski definition) is 0. The second-order valence-electron chi connectivity index (χ2n) is 9.89. The minimum atomic E-state index is -0.749. The smallest absolute Gasteiger partial charge is 0.164 e. The second kappa shape index (κ2) is 10.4. The van der Waals surface area contributed by atoms with Gasteiger partial charge in [0.2, 0.25) is 0 Å². The number of aryl methyl sites for hydroxylation is 1. The lowest BCUT2D eigenvalue weighted by molar-refractivity contribution is 0.0118. The van der Waals surface area contributed by atoms with Crippen LogP contribution in [0.25, 0.3) is 0 Å². The second-order valence-corrected chi connectivity index (χ2v) is 9.89. The maximum atomic E-state index is 14.8. The zero-order valence-corrected chi connectivity index (χ0v) is 19.3. The molecule has 2 fully saturated rings. The molecule has 2 aliphatic rings. The lowest BCUT2D eigenvalue weighted by atomic mass is 9.79. The maximum absolute atomic E-state index is 14.8. The number of halogens is 3. The van der Waals surface area contributed by atoms with Crippen LogP contribution in [0, 0.1) is 23.4 Å². The lowest BCUT2D eigenvalue weighted by Gasteiger charge is -2.29. The minimum Gasteiger partial charge on any atom is -0.373 e. The summed E-state index contributed by atoms with van der Waals surface area (Å²) in [6, 6.07) is 9.08. The van der Waals surface area contributed by atoms with Gasteiger partial charge in [-0.15, -0.1) is 0 Å². The average Bonchev–Trinajstić information content (AvgIpc) is 2.81. The Morgan fingerprint density at radius 3 is 2.09 bits per heavy atom. The molecule has 0 heterocycles. The van der Waals surface area contributed by atoms with Gasteiger partial charge in [-0.05, 0) is 85.5 Å². The summed E-state index contributed by atoms with van der Waals surface area (Å²) in [5.41, 5.74) is 2.64. The molecule has 4 rings (SSSR count). The summed E-state index contributed by atoms with van der Waals surface area (Å²) < 4.78 is 49.6. The van der Waals surface area contributed by atoms with Crippen molar-refractivity contribution in [3.05, 3.63) is 70.0 Å². The average molecular weight is 445 g/mol. The first-order chi connectivity index (χ1) is 15.5. The van der Waals surface area contributed by atoms with Gasteiger partial charge in [-0.2, -0.15) is 0 Å². The monoisotopic (exact) mass is 444 g/mol. The molecular weight excluding hydrogens is 409 g/mol. The molecule has 0 atom stereocenters. The third kappa shape index (κ3) is 5.22. The Hall–Kier alpha value is -1.81. The highest BCUT2D eigenvalue weighted by molar-refractivity contribution is 5.29. The van der Waals surface area contributed by atoms with Crippen LogP contribution in [-0.4, -0.2) is 6.10 Å². The molecule has 2 saturated carbocycles. The maximum Gasteiger partial charge on any atom is 0.164 e. The van der Waals surface area contributed by atoms with E-state index in [0.717, 1.165) is 62.5 Å². The zero-order valence-electron chi connectivity index (χ0n) is 19.3. The van der Waals surface area contributed by atoms with Gasteiger partial charge in [0.25, 0.3) is 0 Å². The molecule has 0 aliphatic heterocycles. The molecule has 174 valence electrons. The number of hydrogen-bond acceptors (Lipinski definition) is 1. The number of rotatable bonds is 6. The van der Waals surface area contributed by atoms with Crippen molar-refractivity contribution in [2.75, 3.05) is 0 Å². The summed E-state index contributed by atoms with van der Waals surface area (Å²) in [7, 11) is 0. The Morgan fingerprint density at radius 1 is 0.781 bits per heavy atom. The quantitative estimate of drug-likeness (QED) is 0.436. The van der Waals surface area contributed by atoms with Crippen molar-refractivity contribution in [1.82, 2.24) is 0 Å². The van der Waals surface area contributed by atoms with Gasteiger partial charge in [0.1, 0.15) is 5.82 Å². The van der Waals surface area contributed by atoms with Crippen LogP contribution in [-0.2, 0) is 17.8 Å². The molecule has 32 heavy (non-hydrogen) atoms. The van der Waals surface area contributed by atoms with Gasteiger partial charge in [-0.1, -0.05) is 51.0 Å². The van der Waals surface area contributed by atoms with Crippen molar-refractivity contribution in [2.24, 2.45) is 5.92 Å². The zero-order chi connectivity index (χ0) is 22.7. The highest BCUT2D eigenvalue weighted by Gasteiger charge is 2.26. The molecule has 2 aromatic carbocycles. The van der Waals surface area contributed by atoms with Gasteiger partial charge in [-0.3, -0.25) is 0 Å². The molecule has 0 radical (unpaired) electrons. The summed E-state index contributed by atoms with van der Waals surface area (Å²) in [4.78, 5) is 0. The summed E-state index contributed by atoms with van der Waals surface area (Å²) in [6.45, 7) is 4.28. The molecule has 0 amide bonds. The van der Waals surface area contributed by atoms with Gasteiger partial charge >= 0.3 is 0 Å². The molecule has 1 nitrogen and oxygen atoms in total. The Morgan fingerprint density at radius 2 is 1.44 bits per heavy atom. The molecular formula is C28H35F3O. The van der Waals surface area contributed by atoms with Crippen LogP contribution in [0.15, 0.2) is 30.3 Å². The molecule has 0 aromatic heterocycles. The van der Waals surface area contributed by atoms with E-state index in [1.54, 1.807) is 18.2 Å². The van der Waals surface area contributed by atoms with Crippen molar-refractivity contribution in [2.45, 2.75) is 96.2 Å². The summed E-state index contributed by atoms with van der Waals surface area (Å²) in [6.07, 6.45) is 8.30. The fourth-order valence-corrected chi connectivity index (χ4v) is 5.48. The van der Waals surface area contributed by atoms with Crippen molar-refractivity contribution in [3.8, 4) is 0 Å². The summed E-state index contributed by atoms with van der Waals surface area (Å²) >= 11 is 0. The standard InChI is InChI=1S/C28H35F3O/c1-3-19-8-9-22(16-26(19)29)20-10-13-24(14-11-20)32-17-23-12-15-25(28(31)27(23)30)21-6-4-18(2)5-7-21/h8-9,12,15-16,18,20-21,24H,3-7,10-11,13-14,17H2,1-2H3. The summed E-state index contributed by atoms with van der Waals surface area (Å²) in [5, 5.41) is 0. The van der Waals surface area contributed by atoms with Gasteiger partial charge in [0.15, 0.2) is 11.6 Å². The third-order valence-corrected chi connectivity index (χ3v) is 7.73. The SMILES string of the molecule is CCc1ccc(C2CCC(OCc3ccc(C4CCC(C)CC4)c(F)c3F)CC2)cc1F. The first kappa shape index (κ1) is 23.4. The fourth-order valence-electron chi connectivity index (χ4n) is 5.48. The van der Waals surface area contributed by atoms with Crippen LogP contribution >= 0.6 is 0 Å². The Balaban J connectivity index is 1.31. The molecule has 0 bridgehead atoms. The van der Waals surface area contributed by atoms with Crippen LogP contribution in [0.4, 0.5) is 13.2 Å². The summed E-state index contributed by atoms with van der Waals surface area (Å²) in [5.74, 6) is -0.416. The molecule has 0 spiro atoms. The first-order valence-electron chi connectivity index (χ1n) is 12.3. The Labute approximate surface area is 190 Å². The first-order valence-corrected chi connectivity index (χ1v) is 12.3. The van der Waals surface area contributed by atoms with Gasteiger partial charge in [0.05, 0.1) is 12.7 Å². The molecule has 2 aliphatic carbocycles. The third-order valence-electron chi connectivity index (χ3n) is 7.73. The van der Waals surface area contributed by atoms with E-state index in [2.05, 4.69) is 6.92 Å². The van der Waals surface area contributed by atoms with Crippen molar-refractivity contribution in [3.63, 3.8) is 0 Å². The van der Waals surface area contributed by atoms with E-state index in [0.29, 0.717) is 29.4 Å². The Kier molecular flexibility index (Phi) is 7.60. The van der Waals surface area contributed by atoms with Gasteiger partial charge in [-0.25, -0.2) is 13.2 Å². The van der Waals surface area contributed by atoms with Crippen LogP contribution in [0.5, 0.6) is 0 Å². The molecule has 0 N–H and O–H groups in total. The fraction of sp³-hybridized carbons (Fsp3) is 0.571. The highest BCUT2D eigenvalue weighted by Crippen LogP contribution is 2.38. The topological polar surface area (TPSA) is 9.23 Å². The van der Waals surface area contributed by atoms with E-state index in [4.69, 9.17) is 4.74 Å². The van der Waals surface area contributed by atoms with Crippen LogP contribution in [0.3, 0.4) is 0 Å².